The molecule has 0 aliphatic heterocycles. The zero-order valence-electron chi connectivity index (χ0n) is 9.43. The Kier molecular flexibility index (Phi) is 4.27. The van der Waals surface area contributed by atoms with Crippen molar-refractivity contribution in [1.82, 2.24) is 9.71 Å². The van der Waals surface area contributed by atoms with Crippen molar-refractivity contribution in [3.63, 3.8) is 0 Å². The Balaban J connectivity index is 2.86. The summed E-state index contributed by atoms with van der Waals surface area (Å²) in [7, 11) is -2.26. The lowest BCUT2D eigenvalue weighted by Gasteiger charge is -2.11. The molecule has 17 heavy (non-hydrogen) atoms. The predicted molar refractivity (Wildman–Crippen MR) is 59.4 cm³/mol. The topological polar surface area (TPSA) is 108 Å². The Morgan fingerprint density at radius 2 is 2.29 bits per heavy atom. The molecule has 1 heterocycles. The molecule has 1 unspecified atom stereocenters. The molecule has 3 N–H and O–H groups in total. The number of hydrogen-bond acceptors (Lipinski definition) is 4. The van der Waals surface area contributed by atoms with Crippen LogP contribution in [0.15, 0.2) is 17.2 Å². The lowest BCUT2D eigenvalue weighted by atomic mass is 10.4. The van der Waals surface area contributed by atoms with E-state index in [9.17, 15) is 13.2 Å². The maximum atomic E-state index is 11.8. The van der Waals surface area contributed by atoms with Gasteiger partial charge in [0, 0.05) is 19.3 Å². The number of aromatic nitrogens is 1. The largest absolute Gasteiger partial charge is 0.477 e. The number of carbonyl (C=O) groups is 1. The van der Waals surface area contributed by atoms with E-state index < -0.39 is 22.0 Å². The lowest BCUT2D eigenvalue weighted by Crippen LogP contribution is -2.35. The van der Waals surface area contributed by atoms with Crippen LogP contribution in [0.1, 0.15) is 17.4 Å². The van der Waals surface area contributed by atoms with Crippen LogP contribution >= 0.6 is 0 Å². The number of H-pyrrole nitrogens is 1. The van der Waals surface area contributed by atoms with Gasteiger partial charge in [0.05, 0.1) is 6.61 Å². The molecule has 0 spiro atoms. The van der Waals surface area contributed by atoms with E-state index in [1.54, 1.807) is 6.92 Å². The quantitative estimate of drug-likeness (QED) is 0.670. The number of carboxylic acid groups (broad SMARTS) is 1. The summed E-state index contributed by atoms with van der Waals surface area (Å²) in [5, 5.41) is 8.66. The fraction of sp³-hybridized carbons (Fsp3) is 0.444. The Bertz CT molecular complexity index is 493. The number of hydrogen-bond donors (Lipinski definition) is 3. The predicted octanol–water partition coefficient (Wildman–Crippen LogP) is 0.0261. The van der Waals surface area contributed by atoms with E-state index in [1.165, 1.54) is 7.11 Å². The third-order valence-electron chi connectivity index (χ3n) is 1.97. The average Bonchev–Trinajstić information content (AvgIpc) is 2.65. The van der Waals surface area contributed by atoms with E-state index in [2.05, 4.69) is 9.71 Å². The molecule has 1 rings (SSSR count). The van der Waals surface area contributed by atoms with Gasteiger partial charge in [-0.2, -0.15) is 0 Å². The molecular formula is C9H14N2O5S. The van der Waals surface area contributed by atoms with E-state index in [0.717, 1.165) is 12.3 Å². The number of rotatable bonds is 6. The highest BCUT2D eigenvalue weighted by Crippen LogP contribution is 2.11. The van der Waals surface area contributed by atoms with Crippen molar-refractivity contribution in [1.29, 1.82) is 0 Å². The molecule has 0 saturated heterocycles. The van der Waals surface area contributed by atoms with Gasteiger partial charge in [-0.3, -0.25) is 0 Å². The summed E-state index contributed by atoms with van der Waals surface area (Å²) in [6, 6.07) is 0.665. The van der Waals surface area contributed by atoms with Crippen LogP contribution in [0.25, 0.3) is 0 Å². The van der Waals surface area contributed by atoms with Crippen LogP contribution in [0.2, 0.25) is 0 Å². The molecule has 0 radical (unpaired) electrons. The van der Waals surface area contributed by atoms with Crippen molar-refractivity contribution in [2.75, 3.05) is 13.7 Å². The zero-order valence-corrected chi connectivity index (χ0v) is 10.2. The number of nitrogens with one attached hydrogen (secondary N) is 2. The van der Waals surface area contributed by atoms with Crippen LogP contribution in [0.4, 0.5) is 0 Å². The van der Waals surface area contributed by atoms with Crippen molar-refractivity contribution in [2.24, 2.45) is 0 Å². The smallest absolute Gasteiger partial charge is 0.352 e. The second-order valence-corrected chi connectivity index (χ2v) is 5.25. The summed E-state index contributed by atoms with van der Waals surface area (Å²) in [4.78, 5) is 12.9. The van der Waals surface area contributed by atoms with Gasteiger partial charge >= 0.3 is 5.97 Å². The van der Waals surface area contributed by atoms with Crippen LogP contribution in [0.5, 0.6) is 0 Å². The SMILES string of the molecule is COCC(C)NS(=O)(=O)c1c[nH]c(C(=O)O)c1. The average molecular weight is 262 g/mol. The highest BCUT2D eigenvalue weighted by Gasteiger charge is 2.20. The van der Waals surface area contributed by atoms with Crippen LogP contribution in [0, 0.1) is 0 Å². The van der Waals surface area contributed by atoms with Gasteiger partial charge in [-0.15, -0.1) is 0 Å². The summed E-state index contributed by atoms with van der Waals surface area (Å²) in [5.41, 5.74) is -0.176. The fourth-order valence-corrected chi connectivity index (χ4v) is 2.49. The highest BCUT2D eigenvalue weighted by molar-refractivity contribution is 7.89. The van der Waals surface area contributed by atoms with Crippen molar-refractivity contribution >= 4 is 16.0 Å². The summed E-state index contributed by atoms with van der Waals surface area (Å²) < 4.78 is 30.7. The molecule has 0 fully saturated rings. The molecule has 96 valence electrons. The maximum absolute atomic E-state index is 11.8. The molecule has 1 atom stereocenters. The van der Waals surface area contributed by atoms with Crippen molar-refractivity contribution in [3.05, 3.63) is 18.0 Å². The summed E-state index contributed by atoms with van der Waals surface area (Å²) in [6.45, 7) is 1.88. The van der Waals surface area contributed by atoms with E-state index in [1.807, 2.05) is 0 Å². The zero-order chi connectivity index (χ0) is 13.1. The normalized spacial score (nSPS) is 13.5. The maximum Gasteiger partial charge on any atom is 0.352 e. The van der Waals surface area contributed by atoms with Crippen molar-refractivity contribution < 1.29 is 23.1 Å². The Morgan fingerprint density at radius 1 is 1.65 bits per heavy atom. The van der Waals surface area contributed by atoms with Gasteiger partial charge in [-0.1, -0.05) is 0 Å². The molecule has 8 heteroatoms. The Hall–Kier alpha value is -1.38. The number of carboxylic acids is 1. The van der Waals surface area contributed by atoms with E-state index in [-0.39, 0.29) is 17.2 Å². The monoisotopic (exact) mass is 262 g/mol. The van der Waals surface area contributed by atoms with Gasteiger partial charge in [-0.25, -0.2) is 17.9 Å². The molecule has 1 aromatic heterocycles. The minimum Gasteiger partial charge on any atom is -0.477 e. The second-order valence-electron chi connectivity index (χ2n) is 3.53. The van der Waals surface area contributed by atoms with Crippen molar-refractivity contribution in [2.45, 2.75) is 17.9 Å². The minimum atomic E-state index is -3.72. The fourth-order valence-electron chi connectivity index (χ4n) is 1.27. The molecule has 7 nitrogen and oxygen atoms in total. The number of methoxy groups -OCH3 is 1. The number of ether oxygens (including phenoxy) is 1. The van der Waals surface area contributed by atoms with Gasteiger partial charge in [-0.05, 0) is 13.0 Å². The molecule has 0 aromatic carbocycles. The van der Waals surface area contributed by atoms with Gasteiger partial charge in [0.25, 0.3) is 0 Å². The molecule has 1 aromatic rings. The van der Waals surface area contributed by atoms with E-state index in [0.29, 0.717) is 0 Å². The Morgan fingerprint density at radius 3 is 2.76 bits per heavy atom. The highest BCUT2D eigenvalue weighted by atomic mass is 32.2. The van der Waals surface area contributed by atoms with Crippen LogP contribution < -0.4 is 4.72 Å². The molecule has 0 bridgehead atoms. The second kappa shape index (κ2) is 5.30. The van der Waals surface area contributed by atoms with Gasteiger partial charge in [0.2, 0.25) is 10.0 Å². The third-order valence-corrected chi connectivity index (χ3v) is 3.54. The molecular weight excluding hydrogens is 248 g/mol. The van der Waals surface area contributed by atoms with Crippen LogP contribution in [-0.4, -0.2) is 44.2 Å². The molecule has 0 saturated carbocycles. The first-order valence-corrected chi connectivity index (χ1v) is 6.28. The van der Waals surface area contributed by atoms with Gasteiger partial charge < -0.3 is 14.8 Å². The van der Waals surface area contributed by atoms with Crippen molar-refractivity contribution in [3.8, 4) is 0 Å². The molecule has 0 amide bonds. The Labute approximate surface area is 98.8 Å². The third kappa shape index (κ3) is 3.55. The number of aromatic amines is 1. The lowest BCUT2D eigenvalue weighted by molar-refractivity contribution is 0.0691. The summed E-state index contributed by atoms with van der Waals surface area (Å²) in [6.07, 6.45) is 1.13. The number of sulfonamides is 1. The van der Waals surface area contributed by atoms with Gasteiger partial charge in [0.1, 0.15) is 10.6 Å². The minimum absolute atomic E-state index is 0.113. The summed E-state index contributed by atoms with van der Waals surface area (Å²) in [5.74, 6) is -1.21. The van der Waals surface area contributed by atoms with Crippen LogP contribution in [-0.2, 0) is 14.8 Å². The first-order chi connectivity index (χ1) is 7.86. The van der Waals surface area contributed by atoms with E-state index in [4.69, 9.17) is 9.84 Å². The first kappa shape index (κ1) is 13.7. The standard InChI is InChI=1S/C9H14N2O5S/c1-6(5-16-2)11-17(14,15)7-3-8(9(12)13)10-4-7/h3-4,6,10-11H,5H2,1-2H3,(H,12,13). The first-order valence-electron chi connectivity index (χ1n) is 4.80. The molecule has 0 aliphatic rings. The van der Waals surface area contributed by atoms with Gasteiger partial charge in [0.15, 0.2) is 0 Å². The number of aromatic carboxylic acids is 1. The van der Waals surface area contributed by atoms with E-state index >= 15 is 0 Å². The summed E-state index contributed by atoms with van der Waals surface area (Å²) >= 11 is 0. The molecule has 0 aliphatic carbocycles. The van der Waals surface area contributed by atoms with Crippen LogP contribution in [0.3, 0.4) is 0 Å².